The standard InChI is InChI=1S/C24H20N2O7S/c1-13(21(28)26-15-8-11-20(27)19(12-15)24(32)33)34-16-9-6-14(7-10-16)25-22(29)17-4-2-3-5-18(17)23(30)31/h2-13,27H,1H3,(H,25,29)(H,26,28)(H,30,31)(H,32,33). The third-order valence-electron chi connectivity index (χ3n) is 4.69. The van der Waals surface area contributed by atoms with Crippen LogP contribution in [0.1, 0.15) is 38.0 Å². The Morgan fingerprint density at radius 2 is 1.35 bits per heavy atom. The summed E-state index contributed by atoms with van der Waals surface area (Å²) >= 11 is 1.25. The van der Waals surface area contributed by atoms with Gasteiger partial charge in [-0.1, -0.05) is 12.1 Å². The summed E-state index contributed by atoms with van der Waals surface area (Å²) in [6.45, 7) is 1.68. The van der Waals surface area contributed by atoms with E-state index in [2.05, 4.69) is 10.6 Å². The fraction of sp³-hybridized carbons (Fsp3) is 0.0833. The van der Waals surface area contributed by atoms with Gasteiger partial charge < -0.3 is 26.0 Å². The molecular formula is C24H20N2O7S. The fourth-order valence-electron chi connectivity index (χ4n) is 2.97. The van der Waals surface area contributed by atoms with E-state index in [-0.39, 0.29) is 28.3 Å². The number of phenols is 1. The van der Waals surface area contributed by atoms with E-state index in [1.807, 2.05) is 0 Å². The first-order chi connectivity index (χ1) is 16.2. The molecule has 174 valence electrons. The zero-order valence-corrected chi connectivity index (χ0v) is 18.6. The molecule has 2 amide bonds. The quantitative estimate of drug-likeness (QED) is 0.238. The number of carboxylic acids is 2. The molecule has 0 fully saturated rings. The van der Waals surface area contributed by atoms with Gasteiger partial charge in [-0.15, -0.1) is 11.8 Å². The number of rotatable bonds is 8. The molecule has 0 bridgehead atoms. The van der Waals surface area contributed by atoms with Gasteiger partial charge in [0.1, 0.15) is 11.3 Å². The van der Waals surface area contributed by atoms with E-state index in [0.29, 0.717) is 5.69 Å². The molecule has 0 saturated carbocycles. The molecule has 0 heterocycles. The highest BCUT2D eigenvalue weighted by Crippen LogP contribution is 2.27. The van der Waals surface area contributed by atoms with Crippen molar-refractivity contribution in [2.45, 2.75) is 17.1 Å². The lowest BCUT2D eigenvalue weighted by atomic mass is 10.1. The highest BCUT2D eigenvalue weighted by Gasteiger charge is 2.18. The Morgan fingerprint density at radius 1 is 0.765 bits per heavy atom. The van der Waals surface area contributed by atoms with Gasteiger partial charge >= 0.3 is 11.9 Å². The third-order valence-corrected chi connectivity index (χ3v) is 5.80. The van der Waals surface area contributed by atoms with E-state index in [0.717, 1.165) is 4.90 Å². The number of anilines is 2. The zero-order valence-electron chi connectivity index (χ0n) is 17.8. The minimum atomic E-state index is -1.31. The number of hydrogen-bond acceptors (Lipinski definition) is 6. The molecule has 1 unspecified atom stereocenters. The summed E-state index contributed by atoms with van der Waals surface area (Å²) in [5, 5.41) is 32.6. The molecule has 9 nitrogen and oxygen atoms in total. The predicted octanol–water partition coefficient (Wildman–Crippen LogP) is 4.16. The van der Waals surface area contributed by atoms with Crippen LogP contribution in [-0.2, 0) is 4.79 Å². The highest BCUT2D eigenvalue weighted by molar-refractivity contribution is 8.00. The van der Waals surface area contributed by atoms with Crippen molar-refractivity contribution in [1.82, 2.24) is 0 Å². The summed E-state index contributed by atoms with van der Waals surface area (Å²) in [4.78, 5) is 48.1. The summed E-state index contributed by atoms with van der Waals surface area (Å²) in [6.07, 6.45) is 0. The van der Waals surface area contributed by atoms with Crippen LogP contribution in [-0.4, -0.2) is 44.3 Å². The SMILES string of the molecule is CC(Sc1ccc(NC(=O)c2ccccc2C(=O)O)cc1)C(=O)Nc1ccc(O)c(C(=O)O)c1. The predicted molar refractivity (Wildman–Crippen MR) is 127 cm³/mol. The van der Waals surface area contributed by atoms with Crippen molar-refractivity contribution in [3.8, 4) is 5.75 Å². The highest BCUT2D eigenvalue weighted by atomic mass is 32.2. The van der Waals surface area contributed by atoms with Crippen molar-refractivity contribution >= 4 is 46.9 Å². The molecule has 3 aromatic rings. The number of carboxylic acid groups (broad SMARTS) is 2. The molecule has 34 heavy (non-hydrogen) atoms. The largest absolute Gasteiger partial charge is 0.507 e. The van der Waals surface area contributed by atoms with E-state index < -0.39 is 28.8 Å². The number of hydrogen-bond donors (Lipinski definition) is 5. The number of carbonyl (C=O) groups excluding carboxylic acids is 2. The van der Waals surface area contributed by atoms with Crippen LogP contribution < -0.4 is 10.6 Å². The number of amides is 2. The molecule has 0 aliphatic heterocycles. The number of nitrogens with one attached hydrogen (secondary N) is 2. The molecule has 0 saturated heterocycles. The summed E-state index contributed by atoms with van der Waals surface area (Å²) < 4.78 is 0. The molecule has 1 atom stereocenters. The van der Waals surface area contributed by atoms with Gasteiger partial charge in [-0.3, -0.25) is 9.59 Å². The molecule has 0 aromatic heterocycles. The number of aromatic hydroxyl groups is 1. The minimum absolute atomic E-state index is 0.0408. The maximum atomic E-state index is 12.5. The molecule has 3 aromatic carbocycles. The Hall–Kier alpha value is -4.31. The normalized spacial score (nSPS) is 11.3. The lowest BCUT2D eigenvalue weighted by Crippen LogP contribution is -2.22. The summed E-state index contributed by atoms with van der Waals surface area (Å²) in [5.74, 6) is -3.83. The summed E-state index contributed by atoms with van der Waals surface area (Å²) in [5.41, 5.74) is 0.321. The topological polar surface area (TPSA) is 153 Å². The lowest BCUT2D eigenvalue weighted by Gasteiger charge is -2.13. The molecule has 10 heteroatoms. The van der Waals surface area contributed by atoms with Gasteiger partial charge in [-0.2, -0.15) is 0 Å². The maximum Gasteiger partial charge on any atom is 0.339 e. The van der Waals surface area contributed by atoms with Gasteiger partial charge in [0.25, 0.3) is 5.91 Å². The van der Waals surface area contributed by atoms with Gasteiger partial charge in [-0.05, 0) is 61.5 Å². The van der Waals surface area contributed by atoms with Crippen LogP contribution in [0.25, 0.3) is 0 Å². The average molecular weight is 480 g/mol. The van der Waals surface area contributed by atoms with Gasteiger partial charge in [0.15, 0.2) is 0 Å². The van der Waals surface area contributed by atoms with Gasteiger partial charge in [0.05, 0.1) is 16.4 Å². The van der Waals surface area contributed by atoms with Crippen molar-refractivity contribution in [3.05, 3.63) is 83.4 Å². The van der Waals surface area contributed by atoms with Crippen LogP contribution in [0.3, 0.4) is 0 Å². The first-order valence-electron chi connectivity index (χ1n) is 9.93. The van der Waals surface area contributed by atoms with Crippen LogP contribution in [0.5, 0.6) is 5.75 Å². The van der Waals surface area contributed by atoms with Crippen LogP contribution in [0.2, 0.25) is 0 Å². The first-order valence-corrected chi connectivity index (χ1v) is 10.8. The molecule has 0 aliphatic rings. The summed E-state index contributed by atoms with van der Waals surface area (Å²) in [6, 6.07) is 16.3. The van der Waals surface area contributed by atoms with Crippen molar-refractivity contribution < 1.29 is 34.5 Å². The number of benzene rings is 3. The number of thioether (sulfide) groups is 1. The lowest BCUT2D eigenvalue weighted by molar-refractivity contribution is -0.115. The molecule has 0 spiro atoms. The van der Waals surface area contributed by atoms with Gasteiger partial charge in [0.2, 0.25) is 5.91 Å². The van der Waals surface area contributed by atoms with Crippen LogP contribution in [0.4, 0.5) is 11.4 Å². The molecule has 0 aliphatic carbocycles. The van der Waals surface area contributed by atoms with Crippen molar-refractivity contribution in [3.63, 3.8) is 0 Å². The van der Waals surface area contributed by atoms with Crippen LogP contribution in [0.15, 0.2) is 71.6 Å². The molecular weight excluding hydrogens is 460 g/mol. The van der Waals surface area contributed by atoms with Gasteiger partial charge in [-0.25, -0.2) is 9.59 Å². The second kappa shape index (κ2) is 10.5. The second-order valence-corrected chi connectivity index (χ2v) is 8.53. The minimum Gasteiger partial charge on any atom is -0.507 e. The Bertz CT molecular complexity index is 1260. The Labute approximate surface area is 198 Å². The smallest absolute Gasteiger partial charge is 0.339 e. The second-order valence-electron chi connectivity index (χ2n) is 7.12. The monoisotopic (exact) mass is 480 g/mol. The Morgan fingerprint density at radius 3 is 1.97 bits per heavy atom. The Balaban J connectivity index is 1.61. The van der Waals surface area contributed by atoms with E-state index in [9.17, 15) is 29.4 Å². The third kappa shape index (κ3) is 5.93. The van der Waals surface area contributed by atoms with Crippen LogP contribution >= 0.6 is 11.8 Å². The Kier molecular flexibility index (Phi) is 7.54. The van der Waals surface area contributed by atoms with Crippen molar-refractivity contribution in [1.29, 1.82) is 0 Å². The maximum absolute atomic E-state index is 12.5. The van der Waals surface area contributed by atoms with E-state index in [1.54, 1.807) is 37.3 Å². The van der Waals surface area contributed by atoms with Gasteiger partial charge in [0, 0.05) is 16.3 Å². The van der Waals surface area contributed by atoms with Crippen LogP contribution in [0, 0.1) is 0 Å². The molecule has 5 N–H and O–H groups in total. The van der Waals surface area contributed by atoms with E-state index in [1.165, 1.54) is 48.2 Å². The summed E-state index contributed by atoms with van der Waals surface area (Å²) in [7, 11) is 0. The fourth-order valence-corrected chi connectivity index (χ4v) is 3.84. The average Bonchev–Trinajstić information content (AvgIpc) is 2.81. The van der Waals surface area contributed by atoms with E-state index >= 15 is 0 Å². The molecule has 3 rings (SSSR count). The zero-order chi connectivity index (χ0) is 24.8. The first kappa shape index (κ1) is 24.3. The van der Waals surface area contributed by atoms with Crippen molar-refractivity contribution in [2.24, 2.45) is 0 Å². The number of aromatic carboxylic acids is 2. The molecule has 0 radical (unpaired) electrons. The van der Waals surface area contributed by atoms with E-state index in [4.69, 9.17) is 5.11 Å². The number of carbonyl (C=O) groups is 4. The van der Waals surface area contributed by atoms with Crippen molar-refractivity contribution in [2.75, 3.05) is 10.6 Å².